The molecule has 1 unspecified atom stereocenters. The molecular formula is C9H9F3N4O3S. The summed E-state index contributed by atoms with van der Waals surface area (Å²) >= 11 is 0.285. The molecule has 1 aromatic heterocycles. The number of alkyl halides is 3. The maximum Gasteiger partial charge on any atom is 0.445 e. The number of carboxylic acids is 1. The van der Waals surface area contributed by atoms with E-state index in [4.69, 9.17) is 5.11 Å². The smallest absolute Gasteiger partial charge is 0.445 e. The molecular weight excluding hydrogens is 301 g/mol. The predicted molar refractivity (Wildman–Crippen MR) is 61.3 cm³/mol. The Morgan fingerprint density at radius 2 is 2.20 bits per heavy atom. The lowest BCUT2D eigenvalue weighted by molar-refractivity contribution is -0.140. The fourth-order valence-electron chi connectivity index (χ4n) is 1.76. The van der Waals surface area contributed by atoms with Crippen molar-refractivity contribution in [3.8, 4) is 0 Å². The van der Waals surface area contributed by atoms with Crippen LogP contribution in [0.15, 0.2) is 0 Å². The molecule has 1 aliphatic rings. The van der Waals surface area contributed by atoms with Crippen LogP contribution in [0.25, 0.3) is 0 Å². The highest BCUT2D eigenvalue weighted by Crippen LogP contribution is 2.35. The number of aromatic nitrogens is 2. The van der Waals surface area contributed by atoms with Gasteiger partial charge in [0.05, 0.1) is 6.42 Å². The zero-order valence-electron chi connectivity index (χ0n) is 9.85. The lowest BCUT2D eigenvalue weighted by Crippen LogP contribution is -2.56. The molecule has 1 aromatic rings. The van der Waals surface area contributed by atoms with E-state index in [0.717, 1.165) is 0 Å². The Bertz CT molecular complexity index is 533. The number of amides is 1. The number of rotatable bonds is 3. The van der Waals surface area contributed by atoms with Crippen LogP contribution in [0.2, 0.25) is 0 Å². The monoisotopic (exact) mass is 310 g/mol. The maximum absolute atomic E-state index is 12.5. The summed E-state index contributed by atoms with van der Waals surface area (Å²) in [6, 6.07) is -1.09. The maximum atomic E-state index is 12.5. The van der Waals surface area contributed by atoms with E-state index in [1.807, 2.05) is 0 Å². The molecule has 110 valence electrons. The second kappa shape index (κ2) is 5.23. The summed E-state index contributed by atoms with van der Waals surface area (Å²) in [7, 11) is 0. The van der Waals surface area contributed by atoms with Crippen molar-refractivity contribution in [1.82, 2.24) is 15.5 Å². The van der Waals surface area contributed by atoms with Crippen molar-refractivity contribution in [3.63, 3.8) is 0 Å². The molecule has 0 spiro atoms. The van der Waals surface area contributed by atoms with Crippen LogP contribution in [0.1, 0.15) is 11.4 Å². The molecule has 2 rings (SSSR count). The van der Waals surface area contributed by atoms with Gasteiger partial charge >= 0.3 is 12.1 Å². The Balaban J connectivity index is 2.26. The molecule has 2 heterocycles. The van der Waals surface area contributed by atoms with Crippen LogP contribution in [0.4, 0.5) is 18.3 Å². The highest BCUT2D eigenvalue weighted by Gasteiger charge is 2.39. The van der Waals surface area contributed by atoms with Gasteiger partial charge in [0, 0.05) is 13.1 Å². The average molecular weight is 310 g/mol. The van der Waals surface area contributed by atoms with Gasteiger partial charge in [-0.1, -0.05) is 11.3 Å². The summed E-state index contributed by atoms with van der Waals surface area (Å²) in [5.41, 5.74) is 0. The molecule has 11 heteroatoms. The van der Waals surface area contributed by atoms with Crippen molar-refractivity contribution >= 4 is 28.3 Å². The quantitative estimate of drug-likeness (QED) is 0.836. The Hall–Kier alpha value is -1.91. The van der Waals surface area contributed by atoms with Crippen molar-refractivity contribution in [2.24, 2.45) is 0 Å². The van der Waals surface area contributed by atoms with E-state index < -0.39 is 35.5 Å². The third-order valence-corrected chi connectivity index (χ3v) is 3.61. The summed E-state index contributed by atoms with van der Waals surface area (Å²) < 4.78 is 37.4. The number of nitrogens with one attached hydrogen (secondary N) is 1. The van der Waals surface area contributed by atoms with Crippen LogP contribution in [0.3, 0.4) is 0 Å². The number of nitrogens with zero attached hydrogens (tertiary/aromatic N) is 3. The first-order valence-corrected chi connectivity index (χ1v) is 6.27. The first kappa shape index (κ1) is 14.5. The number of anilines is 1. The lowest BCUT2D eigenvalue weighted by atomic mass is 10.1. The van der Waals surface area contributed by atoms with E-state index in [2.05, 4.69) is 15.5 Å². The van der Waals surface area contributed by atoms with Gasteiger partial charge < -0.3 is 15.3 Å². The first-order valence-electron chi connectivity index (χ1n) is 5.46. The minimum atomic E-state index is -4.61. The van der Waals surface area contributed by atoms with E-state index in [1.165, 1.54) is 4.90 Å². The lowest BCUT2D eigenvalue weighted by Gasteiger charge is -2.33. The van der Waals surface area contributed by atoms with Crippen molar-refractivity contribution in [1.29, 1.82) is 0 Å². The molecule has 1 fully saturated rings. The van der Waals surface area contributed by atoms with Gasteiger partial charge in [-0.25, -0.2) is 0 Å². The molecule has 1 aliphatic heterocycles. The van der Waals surface area contributed by atoms with Crippen LogP contribution in [0.5, 0.6) is 0 Å². The minimum Gasteiger partial charge on any atom is -0.481 e. The van der Waals surface area contributed by atoms with Gasteiger partial charge in [-0.15, -0.1) is 10.2 Å². The first-order chi connectivity index (χ1) is 9.29. The topological polar surface area (TPSA) is 95.4 Å². The standard InChI is InChI=1S/C9H9F3N4O3S/c10-9(11,12)7-14-15-8(20-7)16-2-1-13-6(19)4(16)3-5(17)18/h4H,1-3H2,(H,13,19)(H,17,18). The highest BCUT2D eigenvalue weighted by atomic mass is 32.1. The number of halogens is 3. The van der Waals surface area contributed by atoms with Gasteiger partial charge in [0.1, 0.15) is 6.04 Å². The minimum absolute atomic E-state index is 0.113. The Morgan fingerprint density at radius 1 is 1.50 bits per heavy atom. The van der Waals surface area contributed by atoms with Crippen molar-refractivity contribution in [2.75, 3.05) is 18.0 Å². The van der Waals surface area contributed by atoms with Crippen LogP contribution in [0, 0.1) is 0 Å². The van der Waals surface area contributed by atoms with Crippen molar-refractivity contribution in [3.05, 3.63) is 5.01 Å². The van der Waals surface area contributed by atoms with Crippen molar-refractivity contribution < 1.29 is 27.9 Å². The molecule has 0 saturated carbocycles. The Kier molecular flexibility index (Phi) is 3.79. The summed E-state index contributed by atoms with van der Waals surface area (Å²) in [5.74, 6) is -1.78. The second-order valence-electron chi connectivity index (χ2n) is 3.99. The highest BCUT2D eigenvalue weighted by molar-refractivity contribution is 7.15. The predicted octanol–water partition coefficient (Wildman–Crippen LogP) is 0.336. The number of carboxylic acid groups (broad SMARTS) is 1. The third-order valence-electron chi connectivity index (χ3n) is 2.60. The van der Waals surface area contributed by atoms with E-state index >= 15 is 0 Å². The number of hydrogen-bond donors (Lipinski definition) is 2. The molecule has 0 aliphatic carbocycles. The van der Waals surface area contributed by atoms with Gasteiger partial charge in [0.15, 0.2) is 0 Å². The number of hydrogen-bond acceptors (Lipinski definition) is 6. The molecule has 0 bridgehead atoms. The van der Waals surface area contributed by atoms with E-state index in [1.54, 1.807) is 0 Å². The molecule has 0 aromatic carbocycles. The van der Waals surface area contributed by atoms with E-state index in [9.17, 15) is 22.8 Å². The zero-order valence-corrected chi connectivity index (χ0v) is 10.7. The molecule has 1 saturated heterocycles. The zero-order chi connectivity index (χ0) is 14.9. The second-order valence-corrected chi connectivity index (χ2v) is 4.94. The summed E-state index contributed by atoms with van der Waals surface area (Å²) in [5, 5.41) is 16.4. The van der Waals surface area contributed by atoms with Gasteiger partial charge in [0.2, 0.25) is 16.0 Å². The fourth-order valence-corrected chi connectivity index (χ4v) is 2.55. The molecule has 2 N–H and O–H groups in total. The molecule has 1 atom stereocenters. The number of carbonyl (C=O) groups excluding carboxylic acids is 1. The van der Waals surface area contributed by atoms with Gasteiger partial charge in [-0.2, -0.15) is 13.2 Å². The van der Waals surface area contributed by atoms with Crippen LogP contribution >= 0.6 is 11.3 Å². The largest absolute Gasteiger partial charge is 0.481 e. The Labute approximate surface area is 114 Å². The summed E-state index contributed by atoms with van der Waals surface area (Å²) in [4.78, 5) is 23.6. The summed E-state index contributed by atoms with van der Waals surface area (Å²) in [6.45, 7) is 0.381. The number of aliphatic carboxylic acids is 1. The third kappa shape index (κ3) is 2.98. The van der Waals surface area contributed by atoms with Crippen molar-refractivity contribution in [2.45, 2.75) is 18.6 Å². The number of carbonyl (C=O) groups is 2. The van der Waals surface area contributed by atoms with Gasteiger partial charge in [-0.3, -0.25) is 9.59 Å². The normalized spacial score (nSPS) is 19.9. The fraction of sp³-hybridized carbons (Fsp3) is 0.556. The van der Waals surface area contributed by atoms with Crippen LogP contribution in [-0.4, -0.2) is 46.3 Å². The van der Waals surface area contributed by atoms with E-state index in [-0.39, 0.29) is 29.6 Å². The van der Waals surface area contributed by atoms with Gasteiger partial charge in [0.25, 0.3) is 0 Å². The Morgan fingerprint density at radius 3 is 2.75 bits per heavy atom. The van der Waals surface area contributed by atoms with Crippen LogP contribution in [-0.2, 0) is 15.8 Å². The molecule has 20 heavy (non-hydrogen) atoms. The van der Waals surface area contributed by atoms with Gasteiger partial charge in [-0.05, 0) is 0 Å². The van der Waals surface area contributed by atoms with Crippen LogP contribution < -0.4 is 10.2 Å². The SMILES string of the molecule is O=C(O)CC1C(=O)NCCN1c1nnc(C(F)(F)F)s1. The average Bonchev–Trinajstić information content (AvgIpc) is 2.80. The number of piperazine rings is 1. The molecule has 0 radical (unpaired) electrons. The summed E-state index contributed by atoms with van der Waals surface area (Å²) in [6.07, 6.45) is -5.14. The van der Waals surface area contributed by atoms with E-state index in [0.29, 0.717) is 0 Å². The molecule has 7 nitrogen and oxygen atoms in total. The molecule has 1 amide bonds.